The maximum Gasteiger partial charge on any atom is 0.245 e. The van der Waals surface area contributed by atoms with Gasteiger partial charge in [-0.05, 0) is 61.7 Å². The molecule has 3 N–H and O–H groups in total. The van der Waals surface area contributed by atoms with Crippen LogP contribution >= 0.6 is 11.6 Å². The van der Waals surface area contributed by atoms with Gasteiger partial charge < -0.3 is 15.1 Å². The topological polar surface area (TPSA) is 78.7 Å². The summed E-state index contributed by atoms with van der Waals surface area (Å²) in [7, 11) is -1.58. The van der Waals surface area contributed by atoms with E-state index < -0.39 is 17.0 Å². The van der Waals surface area contributed by atoms with Crippen LogP contribution in [-0.2, 0) is 15.8 Å². The zero-order valence-electron chi connectivity index (χ0n) is 19.7. The SMILES string of the molecule is C=C(NC(C(=O)N1CCN(c2ccc(Cl)cc2)C(C)(C)C1)C(C)C)c1cccc(S(N)=O)c1. The molecule has 0 bridgehead atoms. The normalized spacial score (nSPS) is 17.5. The number of amides is 1. The van der Waals surface area contributed by atoms with E-state index in [1.165, 1.54) is 0 Å². The second kappa shape index (κ2) is 10.3. The Morgan fingerprint density at radius 1 is 1.18 bits per heavy atom. The van der Waals surface area contributed by atoms with E-state index in [1.807, 2.05) is 49.1 Å². The molecule has 0 saturated carbocycles. The minimum absolute atomic E-state index is 0.0496. The highest BCUT2D eigenvalue weighted by molar-refractivity contribution is 7.82. The van der Waals surface area contributed by atoms with Crippen LogP contribution in [0.5, 0.6) is 0 Å². The van der Waals surface area contributed by atoms with Crippen molar-refractivity contribution in [2.75, 3.05) is 24.5 Å². The standard InChI is InChI=1S/C25H33ClN4O2S/c1-17(2)23(28-18(3)19-7-6-8-22(15-19)33(27)32)24(31)29-13-14-30(25(4,5)16-29)21-11-9-20(26)10-12-21/h6-12,15,17,23,28H,3,13-14,16,27H2,1-2,4-5H3. The Labute approximate surface area is 204 Å². The van der Waals surface area contributed by atoms with Crippen molar-refractivity contribution in [1.82, 2.24) is 10.2 Å². The first kappa shape index (κ1) is 25.3. The van der Waals surface area contributed by atoms with Crippen LogP contribution in [0.25, 0.3) is 5.70 Å². The number of piperazine rings is 1. The van der Waals surface area contributed by atoms with Crippen LogP contribution in [0.2, 0.25) is 5.02 Å². The van der Waals surface area contributed by atoms with Gasteiger partial charge in [-0.25, -0.2) is 9.35 Å². The molecule has 0 aromatic heterocycles. The number of carbonyl (C=O) groups excluding carboxylic acids is 1. The van der Waals surface area contributed by atoms with E-state index in [0.717, 1.165) is 17.8 Å². The molecule has 0 spiro atoms. The van der Waals surface area contributed by atoms with Crippen LogP contribution in [0.4, 0.5) is 5.69 Å². The molecule has 33 heavy (non-hydrogen) atoms. The largest absolute Gasteiger partial charge is 0.373 e. The molecule has 178 valence electrons. The maximum atomic E-state index is 13.6. The number of carbonyl (C=O) groups is 1. The first-order chi connectivity index (χ1) is 15.5. The van der Waals surface area contributed by atoms with Gasteiger partial charge in [-0.3, -0.25) is 4.79 Å². The molecule has 1 aliphatic heterocycles. The van der Waals surface area contributed by atoms with Gasteiger partial charge in [0, 0.05) is 36.0 Å². The Bertz CT molecular complexity index is 1040. The Balaban J connectivity index is 1.73. The van der Waals surface area contributed by atoms with Crippen molar-refractivity contribution in [2.45, 2.75) is 44.2 Å². The van der Waals surface area contributed by atoms with Gasteiger partial charge in [-0.2, -0.15) is 0 Å². The van der Waals surface area contributed by atoms with Gasteiger partial charge in [0.05, 0.1) is 10.4 Å². The second-order valence-electron chi connectivity index (χ2n) is 9.37. The van der Waals surface area contributed by atoms with Crippen LogP contribution in [-0.4, -0.2) is 46.2 Å². The third kappa shape index (κ3) is 5.96. The fourth-order valence-corrected chi connectivity index (χ4v) is 4.81. The zero-order valence-corrected chi connectivity index (χ0v) is 21.2. The van der Waals surface area contributed by atoms with E-state index in [4.69, 9.17) is 16.7 Å². The Morgan fingerprint density at radius 3 is 2.42 bits per heavy atom. The van der Waals surface area contributed by atoms with Crippen molar-refractivity contribution in [3.63, 3.8) is 0 Å². The number of rotatable bonds is 7. The van der Waals surface area contributed by atoms with E-state index in [0.29, 0.717) is 28.7 Å². The summed E-state index contributed by atoms with van der Waals surface area (Å²) in [6.45, 7) is 14.4. The van der Waals surface area contributed by atoms with Crippen LogP contribution in [0.1, 0.15) is 33.3 Å². The third-order valence-corrected chi connectivity index (χ3v) is 7.00. The molecule has 1 amide bonds. The van der Waals surface area contributed by atoms with E-state index in [9.17, 15) is 9.00 Å². The lowest BCUT2D eigenvalue weighted by atomic mass is 9.95. The van der Waals surface area contributed by atoms with E-state index in [-0.39, 0.29) is 17.4 Å². The fraction of sp³-hybridized carbons (Fsp3) is 0.400. The Kier molecular flexibility index (Phi) is 7.88. The minimum atomic E-state index is -1.58. The maximum absolute atomic E-state index is 13.6. The van der Waals surface area contributed by atoms with Crippen LogP contribution in [0, 0.1) is 5.92 Å². The Hall–Kier alpha value is -2.35. The zero-order chi connectivity index (χ0) is 24.3. The summed E-state index contributed by atoms with van der Waals surface area (Å²) in [5, 5.41) is 9.54. The number of halogens is 1. The highest BCUT2D eigenvalue weighted by Gasteiger charge is 2.38. The van der Waals surface area contributed by atoms with Gasteiger partial charge >= 0.3 is 0 Å². The molecule has 1 heterocycles. The second-order valence-corrected chi connectivity index (χ2v) is 10.9. The van der Waals surface area contributed by atoms with Gasteiger partial charge in [-0.15, -0.1) is 0 Å². The Morgan fingerprint density at radius 2 is 1.85 bits per heavy atom. The van der Waals surface area contributed by atoms with Gasteiger partial charge in [-0.1, -0.05) is 44.2 Å². The molecule has 2 unspecified atom stereocenters. The lowest BCUT2D eigenvalue weighted by Crippen LogP contribution is -2.63. The summed E-state index contributed by atoms with van der Waals surface area (Å²) in [5.74, 6) is 0.104. The highest BCUT2D eigenvalue weighted by atomic mass is 35.5. The molecule has 1 fully saturated rings. The summed E-state index contributed by atoms with van der Waals surface area (Å²) < 4.78 is 11.6. The fourth-order valence-electron chi connectivity index (χ4n) is 4.23. The van der Waals surface area contributed by atoms with Crippen molar-refractivity contribution in [2.24, 2.45) is 11.1 Å². The average molecular weight is 489 g/mol. The average Bonchev–Trinajstić information content (AvgIpc) is 2.76. The van der Waals surface area contributed by atoms with Gasteiger partial charge in [0.2, 0.25) is 5.91 Å². The summed E-state index contributed by atoms with van der Waals surface area (Å²) in [6.07, 6.45) is 0. The van der Waals surface area contributed by atoms with Crippen molar-refractivity contribution in [3.8, 4) is 0 Å². The molecular formula is C25H33ClN4O2S. The lowest BCUT2D eigenvalue weighted by Gasteiger charge is -2.49. The molecule has 6 nitrogen and oxygen atoms in total. The first-order valence-corrected chi connectivity index (χ1v) is 12.6. The molecule has 0 aliphatic carbocycles. The number of nitrogens with two attached hydrogens (primary N) is 1. The molecule has 2 atom stereocenters. The van der Waals surface area contributed by atoms with E-state index in [1.54, 1.807) is 18.2 Å². The molecule has 1 aliphatic rings. The number of nitrogens with zero attached hydrogens (tertiary/aromatic N) is 2. The number of hydrogen-bond donors (Lipinski definition) is 2. The third-order valence-electron chi connectivity index (χ3n) is 6.03. The minimum Gasteiger partial charge on any atom is -0.373 e. The monoisotopic (exact) mass is 488 g/mol. The van der Waals surface area contributed by atoms with Crippen LogP contribution in [0.3, 0.4) is 0 Å². The molecule has 2 aromatic carbocycles. The summed E-state index contributed by atoms with van der Waals surface area (Å²) in [5.41, 5.74) is 2.23. The molecule has 3 rings (SSSR count). The van der Waals surface area contributed by atoms with Gasteiger partial charge in [0.25, 0.3) is 0 Å². The lowest BCUT2D eigenvalue weighted by molar-refractivity contribution is -0.135. The van der Waals surface area contributed by atoms with E-state index in [2.05, 4.69) is 30.6 Å². The molecule has 0 radical (unpaired) electrons. The van der Waals surface area contributed by atoms with Crippen LogP contribution < -0.4 is 15.4 Å². The quantitative estimate of drug-likeness (QED) is 0.616. The van der Waals surface area contributed by atoms with Gasteiger partial charge in [0.1, 0.15) is 17.0 Å². The number of anilines is 1. The molecule has 2 aromatic rings. The predicted molar refractivity (Wildman–Crippen MR) is 137 cm³/mol. The number of hydrogen-bond acceptors (Lipinski definition) is 4. The summed E-state index contributed by atoms with van der Waals surface area (Å²) in [6, 6.07) is 14.5. The number of benzene rings is 2. The molecular weight excluding hydrogens is 456 g/mol. The number of nitrogens with one attached hydrogen (secondary N) is 1. The van der Waals surface area contributed by atoms with Crippen molar-refractivity contribution in [3.05, 3.63) is 65.7 Å². The summed E-state index contributed by atoms with van der Waals surface area (Å²) in [4.78, 5) is 18.3. The molecule has 1 saturated heterocycles. The van der Waals surface area contributed by atoms with Gasteiger partial charge in [0.15, 0.2) is 0 Å². The van der Waals surface area contributed by atoms with Crippen LogP contribution in [0.15, 0.2) is 60.0 Å². The predicted octanol–water partition coefficient (Wildman–Crippen LogP) is 4.03. The van der Waals surface area contributed by atoms with Crippen molar-refractivity contribution in [1.29, 1.82) is 0 Å². The highest BCUT2D eigenvalue weighted by Crippen LogP contribution is 2.29. The first-order valence-electron chi connectivity index (χ1n) is 11.0. The summed E-state index contributed by atoms with van der Waals surface area (Å²) >= 11 is 6.05. The van der Waals surface area contributed by atoms with E-state index >= 15 is 0 Å². The van der Waals surface area contributed by atoms with Crippen molar-refractivity contribution >= 4 is 39.9 Å². The smallest absolute Gasteiger partial charge is 0.245 e. The molecule has 8 heteroatoms. The van der Waals surface area contributed by atoms with Crippen molar-refractivity contribution < 1.29 is 9.00 Å².